The van der Waals surface area contributed by atoms with Crippen LogP contribution in [-0.4, -0.2) is 34.6 Å². The Bertz CT molecular complexity index is 1400. The van der Waals surface area contributed by atoms with Gasteiger partial charge in [-0.05, 0) is 24.3 Å². The van der Waals surface area contributed by atoms with E-state index in [2.05, 4.69) is 15.4 Å². The van der Waals surface area contributed by atoms with Gasteiger partial charge in [0.1, 0.15) is 12.2 Å². The van der Waals surface area contributed by atoms with Crippen molar-refractivity contribution in [1.29, 1.82) is 0 Å². The number of hydrogen-bond acceptors (Lipinski definition) is 5. The van der Waals surface area contributed by atoms with Crippen LogP contribution in [0.15, 0.2) is 73.4 Å². The molecule has 1 amide bonds. The molecule has 0 bridgehead atoms. The number of non-ortho nitro benzene ring substituents is 1. The third kappa shape index (κ3) is 3.73. The first kappa shape index (κ1) is 18.6. The smallest absolute Gasteiger partial charge is 0.270 e. The van der Waals surface area contributed by atoms with Gasteiger partial charge >= 0.3 is 0 Å². The van der Waals surface area contributed by atoms with Gasteiger partial charge in [0.2, 0.25) is 5.91 Å². The molecule has 0 aliphatic rings. The molecule has 0 unspecified atom stereocenters. The Balaban J connectivity index is 1.25. The highest BCUT2D eigenvalue weighted by molar-refractivity contribution is 5.92. The molecule has 0 fully saturated rings. The molecule has 0 radical (unpaired) electrons. The predicted molar refractivity (Wildman–Crippen MR) is 114 cm³/mol. The largest absolute Gasteiger partial charge is 0.338 e. The zero-order valence-electron chi connectivity index (χ0n) is 16.3. The number of carbonyl (C=O) groups excluding carboxylic acids is 1. The summed E-state index contributed by atoms with van der Waals surface area (Å²) in [6, 6.07) is 12.1. The van der Waals surface area contributed by atoms with Gasteiger partial charge in [0.15, 0.2) is 0 Å². The number of fused-ring (bicyclic) bond motifs is 2. The van der Waals surface area contributed by atoms with E-state index in [4.69, 9.17) is 0 Å². The number of nitro benzene ring substituents is 1. The third-order valence-electron chi connectivity index (χ3n) is 4.93. The van der Waals surface area contributed by atoms with Gasteiger partial charge in [-0.3, -0.25) is 19.6 Å². The Morgan fingerprint density at radius 1 is 1.13 bits per heavy atom. The van der Waals surface area contributed by atoms with Crippen molar-refractivity contribution in [2.24, 2.45) is 0 Å². The first-order valence-corrected chi connectivity index (χ1v) is 9.53. The fourth-order valence-electron chi connectivity index (χ4n) is 3.54. The Kier molecular flexibility index (Phi) is 4.43. The van der Waals surface area contributed by atoms with E-state index in [1.165, 1.54) is 12.1 Å². The van der Waals surface area contributed by atoms with E-state index in [1.807, 2.05) is 35.0 Å². The monoisotopic (exact) mass is 415 g/mol. The zero-order valence-corrected chi connectivity index (χ0v) is 16.3. The van der Waals surface area contributed by atoms with Gasteiger partial charge in [-0.25, -0.2) is 4.98 Å². The number of rotatable bonds is 6. The molecular formula is C21H17N7O3. The van der Waals surface area contributed by atoms with E-state index < -0.39 is 4.92 Å². The number of amides is 1. The molecule has 4 aromatic heterocycles. The summed E-state index contributed by atoms with van der Waals surface area (Å²) in [4.78, 5) is 27.5. The van der Waals surface area contributed by atoms with Gasteiger partial charge in [0, 0.05) is 47.8 Å². The number of pyridine rings is 1. The van der Waals surface area contributed by atoms with Crippen molar-refractivity contribution in [2.45, 2.75) is 13.1 Å². The van der Waals surface area contributed by atoms with Crippen LogP contribution in [0.3, 0.4) is 0 Å². The van der Waals surface area contributed by atoms with Crippen LogP contribution in [0.1, 0.15) is 5.69 Å². The molecule has 0 aliphatic carbocycles. The van der Waals surface area contributed by atoms with Gasteiger partial charge in [-0.2, -0.15) is 5.10 Å². The number of carbonyl (C=O) groups is 1. The molecule has 5 rings (SSSR count). The van der Waals surface area contributed by atoms with Crippen molar-refractivity contribution in [1.82, 2.24) is 23.7 Å². The number of anilines is 1. The summed E-state index contributed by atoms with van der Waals surface area (Å²) < 4.78 is 5.40. The predicted octanol–water partition coefficient (Wildman–Crippen LogP) is 3.08. The Hall–Kier alpha value is -4.47. The van der Waals surface area contributed by atoms with Crippen molar-refractivity contribution in [3.05, 3.63) is 89.3 Å². The standard InChI is InChI=1S/C21H17N7O3/c29-21(14-25-8-6-15-9-18(28(30)31)4-5-19(15)25)24-16-10-22-27(12-16)13-17-11-26-7-2-1-3-20(26)23-17/h1-12H,13-14H2,(H,24,29). The van der Waals surface area contributed by atoms with Gasteiger partial charge in [0.25, 0.3) is 5.69 Å². The van der Waals surface area contributed by atoms with Crippen molar-refractivity contribution < 1.29 is 9.72 Å². The highest BCUT2D eigenvalue weighted by Crippen LogP contribution is 2.22. The minimum Gasteiger partial charge on any atom is -0.338 e. The average molecular weight is 415 g/mol. The summed E-state index contributed by atoms with van der Waals surface area (Å²) >= 11 is 0. The molecule has 0 saturated heterocycles. The van der Waals surface area contributed by atoms with E-state index in [0.29, 0.717) is 17.6 Å². The number of aromatic nitrogens is 5. The number of benzene rings is 1. The lowest BCUT2D eigenvalue weighted by atomic mass is 10.2. The maximum Gasteiger partial charge on any atom is 0.270 e. The quantitative estimate of drug-likeness (QED) is 0.338. The van der Waals surface area contributed by atoms with Crippen molar-refractivity contribution in [2.75, 3.05) is 5.32 Å². The van der Waals surface area contributed by atoms with Crippen molar-refractivity contribution in [3.63, 3.8) is 0 Å². The topological polar surface area (TPSA) is 112 Å². The van der Waals surface area contributed by atoms with Crippen LogP contribution in [-0.2, 0) is 17.9 Å². The molecule has 1 N–H and O–H groups in total. The average Bonchev–Trinajstić information content (AvgIpc) is 3.46. The van der Waals surface area contributed by atoms with Crippen LogP contribution in [0.5, 0.6) is 0 Å². The molecule has 1 aromatic carbocycles. The summed E-state index contributed by atoms with van der Waals surface area (Å²) in [5.74, 6) is -0.219. The van der Waals surface area contributed by atoms with E-state index >= 15 is 0 Å². The minimum absolute atomic E-state index is 0.0210. The first-order valence-electron chi connectivity index (χ1n) is 9.53. The van der Waals surface area contributed by atoms with Gasteiger partial charge in [0.05, 0.1) is 29.0 Å². The molecule has 154 valence electrons. The Labute approximate surface area is 175 Å². The summed E-state index contributed by atoms with van der Waals surface area (Å²) in [5.41, 5.74) is 3.08. The minimum atomic E-state index is -0.437. The Morgan fingerprint density at radius 3 is 2.87 bits per heavy atom. The van der Waals surface area contributed by atoms with Crippen LogP contribution in [0.4, 0.5) is 11.4 Å². The molecule has 0 saturated carbocycles. The van der Waals surface area contributed by atoms with Crippen LogP contribution in [0.2, 0.25) is 0 Å². The normalized spacial score (nSPS) is 11.2. The fourth-order valence-corrected chi connectivity index (χ4v) is 3.54. The highest BCUT2D eigenvalue weighted by atomic mass is 16.6. The summed E-state index contributed by atoms with van der Waals surface area (Å²) in [6.07, 6.45) is 8.95. The lowest BCUT2D eigenvalue weighted by molar-refractivity contribution is -0.384. The van der Waals surface area contributed by atoms with E-state index in [-0.39, 0.29) is 18.1 Å². The maximum atomic E-state index is 12.5. The van der Waals surface area contributed by atoms with Crippen molar-refractivity contribution >= 4 is 33.8 Å². The summed E-state index contributed by atoms with van der Waals surface area (Å²) in [5, 5.41) is 18.7. The summed E-state index contributed by atoms with van der Waals surface area (Å²) in [7, 11) is 0. The van der Waals surface area contributed by atoms with Gasteiger partial charge < -0.3 is 14.3 Å². The number of nitro groups is 1. The molecule has 31 heavy (non-hydrogen) atoms. The van der Waals surface area contributed by atoms with Crippen molar-refractivity contribution in [3.8, 4) is 0 Å². The molecule has 0 spiro atoms. The zero-order chi connectivity index (χ0) is 21.4. The highest BCUT2D eigenvalue weighted by Gasteiger charge is 2.12. The molecular weight excluding hydrogens is 398 g/mol. The van der Waals surface area contributed by atoms with E-state index in [0.717, 1.165) is 16.9 Å². The molecule has 5 aromatic rings. The Morgan fingerprint density at radius 2 is 2.03 bits per heavy atom. The maximum absolute atomic E-state index is 12.5. The van der Waals surface area contributed by atoms with Gasteiger partial charge in [-0.15, -0.1) is 0 Å². The summed E-state index contributed by atoms with van der Waals surface area (Å²) in [6.45, 7) is 0.567. The lowest BCUT2D eigenvalue weighted by Gasteiger charge is -2.06. The second-order valence-corrected chi connectivity index (χ2v) is 7.12. The molecule has 10 nitrogen and oxygen atoms in total. The van der Waals surface area contributed by atoms with Crippen LogP contribution in [0.25, 0.3) is 16.6 Å². The van der Waals surface area contributed by atoms with Crippen LogP contribution in [0, 0.1) is 10.1 Å². The molecule has 10 heteroatoms. The second kappa shape index (κ2) is 7.41. The molecule has 0 atom stereocenters. The van der Waals surface area contributed by atoms with E-state index in [9.17, 15) is 14.9 Å². The number of nitrogens with zero attached hydrogens (tertiary/aromatic N) is 6. The number of hydrogen-bond donors (Lipinski definition) is 1. The lowest BCUT2D eigenvalue weighted by Crippen LogP contribution is -2.17. The van der Waals surface area contributed by atoms with Crippen LogP contribution >= 0.6 is 0 Å². The fraction of sp³-hybridized carbons (Fsp3) is 0.0952. The van der Waals surface area contributed by atoms with Crippen LogP contribution < -0.4 is 5.32 Å². The van der Waals surface area contributed by atoms with E-state index in [1.54, 1.807) is 40.0 Å². The van der Waals surface area contributed by atoms with Gasteiger partial charge in [-0.1, -0.05) is 6.07 Å². The third-order valence-corrected chi connectivity index (χ3v) is 4.93. The number of imidazole rings is 1. The number of nitrogens with one attached hydrogen (secondary N) is 1. The second-order valence-electron chi connectivity index (χ2n) is 7.12. The SMILES string of the molecule is O=C(Cn1ccc2cc([N+](=O)[O-])ccc21)Nc1cnn(Cc2cn3ccccc3n2)c1. The molecule has 4 heterocycles. The first-order chi connectivity index (χ1) is 15.0. The molecule has 0 aliphatic heterocycles.